The van der Waals surface area contributed by atoms with Gasteiger partial charge in [-0.25, -0.2) is 0 Å². The number of carbonyl (C=O) groups excluding carboxylic acids is 2. The molecule has 2 unspecified atom stereocenters. The molecule has 0 radical (unpaired) electrons. The predicted octanol–water partition coefficient (Wildman–Crippen LogP) is 1.43. The number of nitrogens with zero attached hydrogens (tertiary/aromatic N) is 1. The summed E-state index contributed by atoms with van der Waals surface area (Å²) in [5.74, 6) is -0.165. The largest absolute Gasteiger partial charge is 0.399 e. The Bertz CT molecular complexity index is 596. The van der Waals surface area contributed by atoms with Crippen LogP contribution in [-0.4, -0.2) is 23.9 Å². The van der Waals surface area contributed by atoms with Gasteiger partial charge in [0.2, 0.25) is 11.8 Å². The molecule has 1 aromatic carbocycles. The highest BCUT2D eigenvalue weighted by Crippen LogP contribution is 2.50. The molecular formula is C16H19N3O2. The topological polar surface area (TPSA) is 75.4 Å². The summed E-state index contributed by atoms with van der Waals surface area (Å²) in [5, 5.41) is 2.50. The molecule has 3 fully saturated rings. The maximum atomic E-state index is 12.2. The maximum Gasteiger partial charge on any atom is 0.233 e. The van der Waals surface area contributed by atoms with Crippen LogP contribution >= 0.6 is 0 Å². The number of piperidine rings is 1. The molecule has 0 aliphatic carbocycles. The van der Waals surface area contributed by atoms with Gasteiger partial charge in [0, 0.05) is 29.9 Å². The quantitative estimate of drug-likeness (QED) is 0.604. The molecule has 2 bridgehead atoms. The first-order valence-corrected chi connectivity index (χ1v) is 7.56. The third kappa shape index (κ3) is 1.83. The van der Waals surface area contributed by atoms with E-state index >= 15 is 0 Å². The molecule has 3 saturated heterocycles. The standard InChI is InChI=1S/C16H19N3O2/c17-10-1-3-11(4-2-10)19-12-5-6-13(19)8-16(7-12)9-14(20)18-15(16)21/h1-4,12-13H,5-9,17H2,(H,18,20,21)/t12-,13?,16?/m1/s1. The van der Waals surface area contributed by atoms with Crippen molar-refractivity contribution in [2.24, 2.45) is 5.41 Å². The zero-order chi connectivity index (χ0) is 14.6. The van der Waals surface area contributed by atoms with E-state index < -0.39 is 5.41 Å². The van der Waals surface area contributed by atoms with Crippen LogP contribution < -0.4 is 16.0 Å². The SMILES string of the molecule is Nc1ccc(N2C3CC[C@@H]2CC2(CC(=O)NC2=O)C3)cc1. The number of nitrogens with two attached hydrogens (primary N) is 1. The van der Waals surface area contributed by atoms with Gasteiger partial charge in [-0.15, -0.1) is 0 Å². The lowest BCUT2D eigenvalue weighted by Crippen LogP contribution is -2.50. The summed E-state index contributed by atoms with van der Waals surface area (Å²) >= 11 is 0. The van der Waals surface area contributed by atoms with Gasteiger partial charge in [0.05, 0.1) is 5.41 Å². The van der Waals surface area contributed by atoms with Gasteiger partial charge in [0.25, 0.3) is 0 Å². The first kappa shape index (κ1) is 12.7. The summed E-state index contributed by atoms with van der Waals surface area (Å²) in [4.78, 5) is 26.2. The smallest absolute Gasteiger partial charge is 0.233 e. The predicted molar refractivity (Wildman–Crippen MR) is 79.6 cm³/mol. The van der Waals surface area contributed by atoms with Crippen molar-refractivity contribution >= 4 is 23.2 Å². The Balaban J connectivity index is 1.64. The molecule has 1 spiro atoms. The van der Waals surface area contributed by atoms with Gasteiger partial charge < -0.3 is 10.6 Å². The van der Waals surface area contributed by atoms with Crippen LogP contribution in [0.4, 0.5) is 11.4 Å². The highest BCUT2D eigenvalue weighted by atomic mass is 16.2. The highest BCUT2D eigenvalue weighted by molar-refractivity contribution is 6.06. The van der Waals surface area contributed by atoms with Gasteiger partial charge in [-0.05, 0) is 49.9 Å². The van der Waals surface area contributed by atoms with Gasteiger partial charge in [0.1, 0.15) is 0 Å². The Labute approximate surface area is 123 Å². The average molecular weight is 285 g/mol. The van der Waals surface area contributed by atoms with Crippen LogP contribution in [0.15, 0.2) is 24.3 Å². The molecule has 3 N–H and O–H groups in total. The lowest BCUT2D eigenvalue weighted by atomic mass is 9.73. The second-order valence-corrected chi connectivity index (χ2v) is 6.63. The van der Waals surface area contributed by atoms with Crippen molar-refractivity contribution in [1.82, 2.24) is 5.32 Å². The lowest BCUT2D eigenvalue weighted by Gasteiger charge is -2.44. The molecule has 3 aliphatic rings. The monoisotopic (exact) mass is 285 g/mol. The minimum atomic E-state index is -0.451. The van der Waals surface area contributed by atoms with Crippen LogP contribution in [0.1, 0.15) is 32.1 Å². The average Bonchev–Trinajstić information content (AvgIpc) is 2.86. The number of carbonyl (C=O) groups is 2. The summed E-state index contributed by atoms with van der Waals surface area (Å²) in [6.45, 7) is 0. The number of nitrogens with one attached hydrogen (secondary N) is 1. The van der Waals surface area contributed by atoms with Crippen molar-refractivity contribution in [2.75, 3.05) is 10.6 Å². The molecule has 4 rings (SSSR count). The Hall–Kier alpha value is -2.04. The number of fused-ring (bicyclic) bond motifs is 2. The van der Waals surface area contributed by atoms with Crippen molar-refractivity contribution in [3.63, 3.8) is 0 Å². The van der Waals surface area contributed by atoms with Crippen LogP contribution in [-0.2, 0) is 9.59 Å². The first-order valence-electron chi connectivity index (χ1n) is 7.56. The third-order valence-electron chi connectivity index (χ3n) is 5.30. The second kappa shape index (κ2) is 4.23. The molecule has 3 heterocycles. The van der Waals surface area contributed by atoms with E-state index in [1.54, 1.807) is 0 Å². The van der Waals surface area contributed by atoms with Gasteiger partial charge in [-0.3, -0.25) is 14.9 Å². The lowest BCUT2D eigenvalue weighted by molar-refractivity contribution is -0.129. The Kier molecular flexibility index (Phi) is 2.55. The van der Waals surface area contributed by atoms with Gasteiger partial charge in [0.15, 0.2) is 0 Å². The molecule has 3 atom stereocenters. The fourth-order valence-corrected chi connectivity index (χ4v) is 4.44. The number of hydrogen-bond acceptors (Lipinski definition) is 4. The van der Waals surface area contributed by atoms with E-state index in [1.807, 2.05) is 12.1 Å². The number of benzene rings is 1. The van der Waals surface area contributed by atoms with Gasteiger partial charge >= 0.3 is 0 Å². The molecule has 21 heavy (non-hydrogen) atoms. The molecule has 3 aliphatic heterocycles. The van der Waals surface area contributed by atoms with Crippen LogP contribution in [0.25, 0.3) is 0 Å². The van der Waals surface area contributed by atoms with Crippen molar-refractivity contribution in [3.8, 4) is 0 Å². The van der Waals surface area contributed by atoms with Crippen molar-refractivity contribution in [1.29, 1.82) is 0 Å². The van der Waals surface area contributed by atoms with Crippen LogP contribution in [0.3, 0.4) is 0 Å². The van der Waals surface area contributed by atoms with Crippen LogP contribution in [0.5, 0.6) is 0 Å². The molecule has 2 amide bonds. The van der Waals surface area contributed by atoms with E-state index in [-0.39, 0.29) is 11.8 Å². The Morgan fingerprint density at radius 1 is 1.10 bits per heavy atom. The fraction of sp³-hybridized carbons (Fsp3) is 0.500. The molecular weight excluding hydrogens is 266 g/mol. The van der Waals surface area contributed by atoms with Gasteiger partial charge in [-0.2, -0.15) is 0 Å². The van der Waals surface area contributed by atoms with E-state index in [0.29, 0.717) is 18.5 Å². The molecule has 0 aromatic heterocycles. The molecule has 110 valence electrons. The number of amides is 2. The molecule has 1 aromatic rings. The molecule has 5 heteroatoms. The number of hydrogen-bond donors (Lipinski definition) is 2. The Morgan fingerprint density at radius 3 is 2.24 bits per heavy atom. The first-order chi connectivity index (χ1) is 10.1. The van der Waals surface area contributed by atoms with Crippen molar-refractivity contribution in [3.05, 3.63) is 24.3 Å². The van der Waals surface area contributed by atoms with Gasteiger partial charge in [-0.1, -0.05) is 0 Å². The number of imide groups is 1. The normalized spacial score (nSPS) is 34.6. The summed E-state index contributed by atoms with van der Waals surface area (Å²) in [7, 11) is 0. The summed E-state index contributed by atoms with van der Waals surface area (Å²) < 4.78 is 0. The second-order valence-electron chi connectivity index (χ2n) is 6.63. The zero-order valence-electron chi connectivity index (χ0n) is 11.8. The van der Waals surface area contributed by atoms with E-state index in [1.165, 1.54) is 5.69 Å². The van der Waals surface area contributed by atoms with E-state index in [0.717, 1.165) is 31.4 Å². The van der Waals surface area contributed by atoms with Crippen LogP contribution in [0.2, 0.25) is 0 Å². The Morgan fingerprint density at radius 2 is 1.71 bits per heavy atom. The molecule has 0 saturated carbocycles. The van der Waals surface area contributed by atoms with E-state index in [2.05, 4.69) is 22.3 Å². The fourth-order valence-electron chi connectivity index (χ4n) is 4.44. The highest BCUT2D eigenvalue weighted by Gasteiger charge is 2.55. The zero-order valence-corrected chi connectivity index (χ0v) is 11.8. The minimum Gasteiger partial charge on any atom is -0.399 e. The third-order valence-corrected chi connectivity index (χ3v) is 5.30. The number of anilines is 2. The number of rotatable bonds is 1. The van der Waals surface area contributed by atoms with E-state index in [4.69, 9.17) is 5.73 Å². The summed E-state index contributed by atoms with van der Waals surface area (Å²) in [6.07, 6.45) is 4.13. The maximum absolute atomic E-state index is 12.2. The summed E-state index contributed by atoms with van der Waals surface area (Å²) in [5.41, 5.74) is 7.25. The van der Waals surface area contributed by atoms with Crippen LogP contribution in [0, 0.1) is 5.41 Å². The molecule has 5 nitrogen and oxygen atoms in total. The van der Waals surface area contributed by atoms with E-state index in [9.17, 15) is 9.59 Å². The number of nitrogen functional groups attached to an aromatic ring is 1. The van der Waals surface area contributed by atoms with Crippen molar-refractivity contribution < 1.29 is 9.59 Å². The van der Waals surface area contributed by atoms with Crippen molar-refractivity contribution in [2.45, 2.75) is 44.2 Å². The minimum absolute atomic E-state index is 0.0543. The summed E-state index contributed by atoms with van der Waals surface area (Å²) in [6, 6.07) is 8.65.